The van der Waals surface area contributed by atoms with E-state index in [1.807, 2.05) is 52.0 Å². The SMILES string of the molecule is COC(=O)c1ccc([C@H]2CC3(CCN2Cc2c(OC)cc(C)c4c2ccn4C(=O)OC(C)(C)C)CC3)c(N2CC(OC)C2)c1. The average Bonchev–Trinajstić information content (AvgIpc) is 3.55. The molecule has 1 atom stereocenters. The van der Waals surface area contributed by atoms with Crippen LogP contribution in [0.4, 0.5) is 10.5 Å². The number of hydrogen-bond acceptors (Lipinski definition) is 8. The molecule has 0 N–H and O–H groups in total. The third-order valence-electron chi connectivity index (χ3n) is 9.69. The van der Waals surface area contributed by atoms with Crippen LogP contribution in [0.15, 0.2) is 36.5 Å². The van der Waals surface area contributed by atoms with E-state index in [4.69, 9.17) is 18.9 Å². The van der Waals surface area contributed by atoms with Crippen LogP contribution in [-0.2, 0) is 20.8 Å². The number of anilines is 1. The largest absolute Gasteiger partial charge is 0.496 e. The van der Waals surface area contributed by atoms with Gasteiger partial charge in [-0.25, -0.2) is 9.59 Å². The van der Waals surface area contributed by atoms with Crippen LogP contribution < -0.4 is 9.64 Å². The summed E-state index contributed by atoms with van der Waals surface area (Å²) in [4.78, 5) is 30.6. The number of methoxy groups -OCH3 is 3. The average molecular weight is 604 g/mol. The van der Waals surface area contributed by atoms with Gasteiger partial charge < -0.3 is 23.8 Å². The fourth-order valence-electron chi connectivity index (χ4n) is 7.01. The molecule has 0 radical (unpaired) electrons. The van der Waals surface area contributed by atoms with Gasteiger partial charge in [0.1, 0.15) is 11.4 Å². The van der Waals surface area contributed by atoms with Gasteiger partial charge in [-0.1, -0.05) is 6.07 Å². The van der Waals surface area contributed by atoms with E-state index in [2.05, 4.69) is 15.9 Å². The van der Waals surface area contributed by atoms with Crippen molar-refractivity contribution in [2.24, 2.45) is 5.41 Å². The molecule has 236 valence electrons. The smallest absolute Gasteiger partial charge is 0.419 e. The lowest BCUT2D eigenvalue weighted by Gasteiger charge is -2.45. The number of aromatic nitrogens is 1. The minimum atomic E-state index is -0.600. The number of aryl methyl sites for hydroxylation is 1. The molecule has 9 heteroatoms. The van der Waals surface area contributed by atoms with Crippen molar-refractivity contribution in [3.8, 4) is 5.75 Å². The fourth-order valence-corrected chi connectivity index (χ4v) is 7.01. The number of benzene rings is 2. The van der Waals surface area contributed by atoms with Gasteiger partial charge in [0.15, 0.2) is 0 Å². The molecule has 2 aliphatic heterocycles. The van der Waals surface area contributed by atoms with Gasteiger partial charge in [0, 0.05) is 55.6 Å². The predicted molar refractivity (Wildman–Crippen MR) is 170 cm³/mol. The summed E-state index contributed by atoms with van der Waals surface area (Å²) in [6.07, 6.45) is 6.35. The van der Waals surface area contributed by atoms with Crippen LogP contribution in [0, 0.1) is 12.3 Å². The molecule has 1 aromatic heterocycles. The summed E-state index contributed by atoms with van der Waals surface area (Å²) in [6, 6.07) is 10.2. The number of fused-ring (bicyclic) bond motifs is 1. The number of carbonyl (C=O) groups is 2. The van der Waals surface area contributed by atoms with Gasteiger partial charge in [-0.3, -0.25) is 9.47 Å². The first-order valence-corrected chi connectivity index (χ1v) is 15.6. The van der Waals surface area contributed by atoms with Gasteiger partial charge in [0.05, 0.1) is 31.4 Å². The van der Waals surface area contributed by atoms with E-state index in [9.17, 15) is 9.59 Å². The van der Waals surface area contributed by atoms with Crippen molar-refractivity contribution >= 4 is 28.7 Å². The lowest BCUT2D eigenvalue weighted by molar-refractivity contribution is 0.0542. The molecule has 1 saturated carbocycles. The van der Waals surface area contributed by atoms with E-state index in [-0.39, 0.29) is 18.1 Å². The Morgan fingerprint density at radius 3 is 2.41 bits per heavy atom. The zero-order valence-electron chi connectivity index (χ0n) is 27.1. The number of ether oxygens (including phenoxy) is 4. The third kappa shape index (κ3) is 5.68. The van der Waals surface area contributed by atoms with Crippen molar-refractivity contribution in [1.29, 1.82) is 0 Å². The van der Waals surface area contributed by atoms with Crippen LogP contribution in [0.2, 0.25) is 0 Å². The molecule has 0 unspecified atom stereocenters. The maximum atomic E-state index is 13.2. The Morgan fingerprint density at radius 2 is 1.77 bits per heavy atom. The molecule has 2 saturated heterocycles. The minimum absolute atomic E-state index is 0.156. The van der Waals surface area contributed by atoms with Gasteiger partial charge in [-0.2, -0.15) is 0 Å². The van der Waals surface area contributed by atoms with Gasteiger partial charge in [-0.05, 0) is 101 Å². The molecule has 3 heterocycles. The van der Waals surface area contributed by atoms with Crippen LogP contribution in [0.3, 0.4) is 0 Å². The second-order valence-electron chi connectivity index (χ2n) is 13.8. The summed E-state index contributed by atoms with van der Waals surface area (Å²) in [6.45, 7) is 10.8. The topological polar surface area (TPSA) is 82.5 Å². The van der Waals surface area contributed by atoms with E-state index in [0.29, 0.717) is 17.5 Å². The molecule has 6 rings (SSSR count). The summed E-state index contributed by atoms with van der Waals surface area (Å²) in [7, 11) is 4.88. The highest BCUT2D eigenvalue weighted by atomic mass is 16.6. The van der Waals surface area contributed by atoms with E-state index in [1.54, 1.807) is 25.0 Å². The fraction of sp³-hybridized carbons (Fsp3) is 0.543. The summed E-state index contributed by atoms with van der Waals surface area (Å²) >= 11 is 0. The van der Waals surface area contributed by atoms with Crippen molar-refractivity contribution in [3.05, 3.63) is 58.8 Å². The zero-order valence-corrected chi connectivity index (χ0v) is 27.1. The first-order chi connectivity index (χ1) is 21.0. The Kier molecular flexibility index (Phi) is 7.91. The molecule has 3 aliphatic rings. The summed E-state index contributed by atoms with van der Waals surface area (Å²) in [5.41, 5.74) is 5.50. The number of hydrogen-bond donors (Lipinski definition) is 0. The molecular weight excluding hydrogens is 558 g/mol. The molecule has 9 nitrogen and oxygen atoms in total. The molecule has 0 bridgehead atoms. The van der Waals surface area contributed by atoms with Gasteiger partial charge in [-0.15, -0.1) is 0 Å². The molecule has 1 aliphatic carbocycles. The van der Waals surface area contributed by atoms with Gasteiger partial charge in [0.25, 0.3) is 0 Å². The monoisotopic (exact) mass is 603 g/mol. The normalized spacial score (nSPS) is 20.1. The Hall–Kier alpha value is -3.56. The Morgan fingerprint density at radius 1 is 1.02 bits per heavy atom. The number of carbonyl (C=O) groups excluding carboxylic acids is 2. The third-order valence-corrected chi connectivity index (χ3v) is 9.69. The summed E-state index contributed by atoms with van der Waals surface area (Å²) in [5.74, 6) is 0.483. The van der Waals surface area contributed by atoms with Gasteiger partial charge in [0.2, 0.25) is 0 Å². The highest BCUT2D eigenvalue weighted by molar-refractivity contribution is 5.95. The van der Waals surface area contributed by atoms with E-state index >= 15 is 0 Å². The highest BCUT2D eigenvalue weighted by Crippen LogP contribution is 2.59. The van der Waals surface area contributed by atoms with Crippen molar-refractivity contribution in [3.63, 3.8) is 0 Å². The summed E-state index contributed by atoms with van der Waals surface area (Å²) < 4.78 is 24.0. The second-order valence-corrected chi connectivity index (χ2v) is 13.8. The zero-order chi connectivity index (χ0) is 31.4. The Labute approximate surface area is 260 Å². The molecule has 44 heavy (non-hydrogen) atoms. The number of rotatable bonds is 7. The number of nitrogens with zero attached hydrogens (tertiary/aromatic N) is 3. The quantitative estimate of drug-likeness (QED) is 0.284. The molecule has 0 amide bonds. The van der Waals surface area contributed by atoms with E-state index in [1.165, 1.54) is 25.5 Å². The molecule has 1 spiro atoms. The number of piperidine rings is 1. The maximum absolute atomic E-state index is 13.2. The Balaban J connectivity index is 1.40. The molecular formula is C35H45N3O6. The van der Waals surface area contributed by atoms with Crippen molar-refractivity contribution in [2.45, 2.75) is 77.7 Å². The molecule has 2 aromatic carbocycles. The van der Waals surface area contributed by atoms with E-state index in [0.717, 1.165) is 65.9 Å². The van der Waals surface area contributed by atoms with Crippen LogP contribution in [0.5, 0.6) is 5.75 Å². The van der Waals surface area contributed by atoms with Gasteiger partial charge >= 0.3 is 12.1 Å². The molecule has 3 aromatic rings. The van der Waals surface area contributed by atoms with Crippen LogP contribution >= 0.6 is 0 Å². The molecule has 3 fully saturated rings. The number of esters is 1. The van der Waals surface area contributed by atoms with E-state index < -0.39 is 11.7 Å². The minimum Gasteiger partial charge on any atom is -0.496 e. The first kappa shape index (κ1) is 30.5. The van der Waals surface area contributed by atoms with Crippen molar-refractivity contribution in [1.82, 2.24) is 9.47 Å². The van der Waals surface area contributed by atoms with Crippen molar-refractivity contribution < 1.29 is 28.5 Å². The standard InChI is InChI=1S/C35H45N3O6/c1-22-16-30(42-6)27(25-10-14-38(31(22)25)33(40)44-34(2,3)4)21-36-15-13-35(11-12-35)18-29(36)26-9-8-23(32(39)43-7)17-28(26)37-19-24(20-37)41-5/h8-10,14,16-17,24,29H,11-13,15,18-21H2,1-7H3/t29-/m1/s1. The predicted octanol–water partition coefficient (Wildman–Crippen LogP) is 6.48. The number of likely N-dealkylation sites (tertiary alicyclic amines) is 1. The van der Waals surface area contributed by atoms with Crippen LogP contribution in [0.1, 0.15) is 79.5 Å². The lowest BCUT2D eigenvalue weighted by atomic mass is 9.83. The van der Waals surface area contributed by atoms with Crippen LogP contribution in [-0.4, -0.2) is 74.2 Å². The Bertz CT molecular complexity index is 1580. The second kappa shape index (κ2) is 11.4. The maximum Gasteiger partial charge on any atom is 0.419 e. The van der Waals surface area contributed by atoms with Crippen LogP contribution in [0.25, 0.3) is 10.9 Å². The summed E-state index contributed by atoms with van der Waals surface area (Å²) in [5, 5.41) is 0.991. The first-order valence-electron chi connectivity index (χ1n) is 15.6. The lowest BCUT2D eigenvalue weighted by Crippen LogP contribution is -2.52. The highest BCUT2D eigenvalue weighted by Gasteiger charge is 2.49. The van der Waals surface area contributed by atoms with Crippen molar-refractivity contribution in [2.75, 3.05) is 45.9 Å².